The molecule has 0 spiro atoms. The van der Waals surface area contributed by atoms with Gasteiger partial charge in [0.15, 0.2) is 0 Å². The molecule has 1 aromatic carbocycles. The van der Waals surface area contributed by atoms with Gasteiger partial charge in [0.2, 0.25) is 5.60 Å². The first-order chi connectivity index (χ1) is 14.4. The highest BCUT2D eigenvalue weighted by molar-refractivity contribution is 6.20. The highest BCUT2D eigenvalue weighted by Crippen LogP contribution is 2.27. The quantitative estimate of drug-likeness (QED) is 0.586. The molecule has 4 rings (SSSR count). The summed E-state index contributed by atoms with van der Waals surface area (Å²) in [5, 5.41) is 10.1. The molecule has 1 aliphatic rings. The Hall–Kier alpha value is -4.05. The summed E-state index contributed by atoms with van der Waals surface area (Å²) < 4.78 is 7.21. The number of hydrogen-bond donors (Lipinski definition) is 1. The number of hydrogen-bond acceptors (Lipinski definition) is 7. The lowest BCUT2D eigenvalue weighted by Crippen LogP contribution is -2.50. The van der Waals surface area contributed by atoms with Crippen LogP contribution in [0.15, 0.2) is 61.3 Å². The summed E-state index contributed by atoms with van der Waals surface area (Å²) in [5.41, 5.74) is -1.71. The fourth-order valence-electron chi connectivity index (χ4n) is 2.80. The van der Waals surface area contributed by atoms with Gasteiger partial charge in [-0.3, -0.25) is 14.2 Å². The van der Waals surface area contributed by atoms with E-state index in [2.05, 4.69) is 9.97 Å². The molecule has 30 heavy (non-hydrogen) atoms. The second-order valence-corrected chi connectivity index (χ2v) is 6.69. The Bertz CT molecular complexity index is 1080. The highest BCUT2D eigenvalue weighted by Gasteiger charge is 2.45. The first kappa shape index (κ1) is 19.3. The van der Waals surface area contributed by atoms with E-state index in [9.17, 15) is 19.5 Å². The molecule has 2 amide bonds. The molecule has 2 aromatic heterocycles. The molecule has 1 aliphatic heterocycles. The van der Waals surface area contributed by atoms with Crippen LogP contribution in [0.5, 0.6) is 5.75 Å². The molecule has 1 unspecified atom stereocenters. The van der Waals surface area contributed by atoms with Gasteiger partial charge in [-0.25, -0.2) is 19.6 Å². The molecule has 10 nitrogen and oxygen atoms in total. The fraction of sp³-hybridized carbons (Fsp3) is 0.150. The molecule has 1 atom stereocenters. The number of imidazole rings is 1. The third-order valence-corrected chi connectivity index (χ3v) is 4.51. The lowest BCUT2D eigenvalue weighted by Gasteiger charge is -2.28. The van der Waals surface area contributed by atoms with E-state index in [-0.39, 0.29) is 16.9 Å². The second kappa shape index (κ2) is 7.41. The minimum atomic E-state index is -2.00. The van der Waals surface area contributed by atoms with Gasteiger partial charge in [-0.1, -0.05) is 12.1 Å². The zero-order chi connectivity index (χ0) is 21.3. The monoisotopic (exact) mass is 408 g/mol. The lowest BCUT2D eigenvalue weighted by molar-refractivity contribution is -0.210. The SMILES string of the molecule is CC(COc1ccc(-n2ccnc2)nc1)(ON1C(=O)c2ccccc2C1=O)C(=O)O. The largest absolute Gasteiger partial charge is 0.488 e. The third-order valence-electron chi connectivity index (χ3n) is 4.51. The number of pyridine rings is 1. The summed E-state index contributed by atoms with van der Waals surface area (Å²) >= 11 is 0. The molecular weight excluding hydrogens is 392 g/mol. The van der Waals surface area contributed by atoms with E-state index in [1.807, 2.05) is 0 Å². The van der Waals surface area contributed by atoms with Gasteiger partial charge in [-0.15, -0.1) is 5.06 Å². The van der Waals surface area contributed by atoms with Crippen LogP contribution in [0.2, 0.25) is 0 Å². The minimum absolute atomic E-state index is 0.149. The van der Waals surface area contributed by atoms with Crippen molar-refractivity contribution in [3.8, 4) is 11.6 Å². The number of imide groups is 1. The van der Waals surface area contributed by atoms with E-state index in [0.29, 0.717) is 10.9 Å². The normalized spacial score (nSPS) is 15.0. The van der Waals surface area contributed by atoms with Gasteiger partial charge in [-0.05, 0) is 31.2 Å². The van der Waals surface area contributed by atoms with Gasteiger partial charge >= 0.3 is 5.97 Å². The maximum Gasteiger partial charge on any atom is 0.342 e. The highest BCUT2D eigenvalue weighted by atomic mass is 16.7. The van der Waals surface area contributed by atoms with Gasteiger partial charge in [0, 0.05) is 12.4 Å². The lowest BCUT2D eigenvalue weighted by atomic mass is 10.1. The molecule has 1 N–H and O–H groups in total. The standard InChI is InChI=1S/C20H16N4O6/c1-20(19(27)28,30-24-17(25)14-4-2-3-5-15(14)18(24)26)11-29-13-6-7-16(22-10-13)23-9-8-21-12-23/h2-10,12H,11H2,1H3,(H,27,28). The van der Waals surface area contributed by atoms with Crippen LogP contribution in [-0.4, -0.2) is 54.7 Å². The Morgan fingerprint density at radius 2 is 1.83 bits per heavy atom. The molecule has 0 fully saturated rings. The second-order valence-electron chi connectivity index (χ2n) is 6.69. The van der Waals surface area contributed by atoms with Crippen molar-refractivity contribution in [1.82, 2.24) is 19.6 Å². The molecule has 0 radical (unpaired) electrons. The topological polar surface area (TPSA) is 124 Å². The van der Waals surface area contributed by atoms with Gasteiger partial charge in [0.25, 0.3) is 11.8 Å². The van der Waals surface area contributed by atoms with Crippen molar-refractivity contribution in [3.05, 3.63) is 72.4 Å². The number of aliphatic carboxylic acids is 1. The van der Waals surface area contributed by atoms with Crippen molar-refractivity contribution in [2.24, 2.45) is 0 Å². The summed E-state index contributed by atoms with van der Waals surface area (Å²) in [6, 6.07) is 9.43. The van der Waals surface area contributed by atoms with Crippen molar-refractivity contribution in [2.45, 2.75) is 12.5 Å². The third kappa shape index (κ3) is 3.40. The molecule has 3 aromatic rings. The number of carbonyl (C=O) groups excluding carboxylic acids is 2. The first-order valence-corrected chi connectivity index (χ1v) is 8.86. The number of ether oxygens (including phenoxy) is 1. The van der Waals surface area contributed by atoms with Crippen molar-refractivity contribution < 1.29 is 29.1 Å². The molecule has 0 aliphatic carbocycles. The molecule has 3 heterocycles. The minimum Gasteiger partial charge on any atom is -0.488 e. The van der Waals surface area contributed by atoms with E-state index >= 15 is 0 Å². The number of fused-ring (bicyclic) bond motifs is 1. The molecule has 0 bridgehead atoms. The predicted octanol–water partition coefficient (Wildman–Crippen LogP) is 1.72. The van der Waals surface area contributed by atoms with Gasteiger partial charge < -0.3 is 9.84 Å². The Balaban J connectivity index is 1.48. The van der Waals surface area contributed by atoms with Crippen molar-refractivity contribution >= 4 is 17.8 Å². The number of benzene rings is 1. The Labute approximate surface area is 170 Å². The Morgan fingerprint density at radius 3 is 2.37 bits per heavy atom. The van der Waals surface area contributed by atoms with Crippen molar-refractivity contribution in [1.29, 1.82) is 0 Å². The van der Waals surface area contributed by atoms with Crippen LogP contribution >= 0.6 is 0 Å². The molecular formula is C20H16N4O6. The number of rotatable bonds is 7. The average molecular weight is 408 g/mol. The summed E-state index contributed by atoms with van der Waals surface area (Å²) in [6.07, 6.45) is 6.33. The van der Waals surface area contributed by atoms with Crippen molar-refractivity contribution in [3.63, 3.8) is 0 Å². The number of carboxylic acid groups (broad SMARTS) is 1. The smallest absolute Gasteiger partial charge is 0.342 e. The summed E-state index contributed by atoms with van der Waals surface area (Å²) in [6.45, 7) is 0.744. The number of amides is 2. The maximum atomic E-state index is 12.5. The summed E-state index contributed by atoms with van der Waals surface area (Å²) in [7, 11) is 0. The predicted molar refractivity (Wildman–Crippen MR) is 101 cm³/mol. The summed E-state index contributed by atoms with van der Waals surface area (Å²) in [5.74, 6) is -1.97. The molecule has 0 saturated heterocycles. The maximum absolute atomic E-state index is 12.5. The van der Waals surface area contributed by atoms with E-state index in [1.165, 1.54) is 25.3 Å². The fourth-order valence-corrected chi connectivity index (χ4v) is 2.80. The van der Waals surface area contributed by atoms with Crippen LogP contribution in [0.1, 0.15) is 27.6 Å². The zero-order valence-electron chi connectivity index (χ0n) is 15.8. The van der Waals surface area contributed by atoms with Crippen LogP contribution < -0.4 is 4.74 Å². The Kier molecular flexibility index (Phi) is 4.76. The van der Waals surface area contributed by atoms with E-state index in [4.69, 9.17) is 9.57 Å². The summed E-state index contributed by atoms with van der Waals surface area (Å²) in [4.78, 5) is 50.3. The van der Waals surface area contributed by atoms with Crippen LogP contribution in [0.3, 0.4) is 0 Å². The van der Waals surface area contributed by atoms with Crippen LogP contribution in [0.4, 0.5) is 0 Å². The number of nitrogens with zero attached hydrogens (tertiary/aromatic N) is 4. The molecule has 0 saturated carbocycles. The van der Waals surface area contributed by atoms with Gasteiger partial charge in [0.05, 0.1) is 17.3 Å². The van der Waals surface area contributed by atoms with Crippen LogP contribution in [0, 0.1) is 0 Å². The average Bonchev–Trinajstić information content (AvgIpc) is 3.37. The number of hydroxylamine groups is 2. The van der Waals surface area contributed by atoms with E-state index in [0.717, 1.165) is 0 Å². The van der Waals surface area contributed by atoms with Crippen molar-refractivity contribution in [2.75, 3.05) is 6.61 Å². The van der Waals surface area contributed by atoms with Crippen LogP contribution in [-0.2, 0) is 9.63 Å². The number of aromatic nitrogens is 3. The van der Waals surface area contributed by atoms with Crippen LogP contribution in [0.25, 0.3) is 5.82 Å². The zero-order valence-corrected chi connectivity index (χ0v) is 15.8. The number of carbonyl (C=O) groups is 3. The molecule has 10 heteroatoms. The molecule has 152 valence electrons. The van der Waals surface area contributed by atoms with Gasteiger partial charge in [-0.2, -0.15) is 0 Å². The first-order valence-electron chi connectivity index (χ1n) is 8.86. The Morgan fingerprint density at radius 1 is 1.13 bits per heavy atom. The van der Waals surface area contributed by atoms with E-state index in [1.54, 1.807) is 47.6 Å². The van der Waals surface area contributed by atoms with E-state index < -0.39 is 30.0 Å². The number of carboxylic acids is 1. The van der Waals surface area contributed by atoms with Gasteiger partial charge in [0.1, 0.15) is 24.5 Å².